The summed E-state index contributed by atoms with van der Waals surface area (Å²) in [5.41, 5.74) is 3.69. The van der Waals surface area contributed by atoms with Crippen molar-refractivity contribution >= 4 is 28.4 Å². The number of nitrogens with zero attached hydrogens (tertiary/aromatic N) is 1. The third-order valence-corrected chi connectivity index (χ3v) is 3.81. The molecule has 0 saturated heterocycles. The number of aromatic nitrogens is 1. The molecule has 0 aliphatic rings. The number of carbonyl (C=O) groups is 1. The lowest BCUT2D eigenvalue weighted by molar-refractivity contribution is 0.0943. The van der Waals surface area contributed by atoms with Crippen molar-refractivity contribution in [3.05, 3.63) is 59.1 Å². The van der Waals surface area contributed by atoms with Gasteiger partial charge in [0.05, 0.1) is 16.2 Å². The molecule has 1 heterocycles. The van der Waals surface area contributed by atoms with Crippen molar-refractivity contribution in [2.75, 3.05) is 0 Å². The quantitative estimate of drug-likeness (QED) is 0.620. The summed E-state index contributed by atoms with van der Waals surface area (Å²) in [7, 11) is 0. The Labute approximate surface area is 122 Å². The second-order valence-electron chi connectivity index (χ2n) is 4.90. The molecule has 3 rings (SSSR count). The van der Waals surface area contributed by atoms with Crippen molar-refractivity contribution in [1.82, 2.24) is 4.57 Å². The molecule has 0 radical (unpaired) electrons. The molecule has 0 spiro atoms. The first kappa shape index (κ1) is 12.9. The summed E-state index contributed by atoms with van der Waals surface area (Å²) < 4.78 is 1.69. The zero-order valence-corrected chi connectivity index (χ0v) is 12.1. The smallest absolute Gasteiger partial charge is 0.228 e. The molecule has 0 atom stereocenters. The number of carbonyl (C=O) groups excluding carboxylic acids is 1. The van der Waals surface area contributed by atoms with Crippen LogP contribution in [0.15, 0.2) is 48.5 Å². The second kappa shape index (κ2) is 4.80. The van der Waals surface area contributed by atoms with E-state index in [1.807, 2.05) is 55.5 Å². The first-order valence-electron chi connectivity index (χ1n) is 6.46. The minimum Gasteiger partial charge on any atom is -0.279 e. The zero-order chi connectivity index (χ0) is 14.3. The summed E-state index contributed by atoms with van der Waals surface area (Å²) in [4.78, 5) is 12.1. The van der Waals surface area contributed by atoms with E-state index in [-0.39, 0.29) is 5.91 Å². The number of benzene rings is 2. The van der Waals surface area contributed by atoms with Crippen LogP contribution in [0, 0.1) is 6.92 Å². The summed E-state index contributed by atoms with van der Waals surface area (Å²) in [6.07, 6.45) is 0. The van der Waals surface area contributed by atoms with Gasteiger partial charge in [0.1, 0.15) is 0 Å². The summed E-state index contributed by atoms with van der Waals surface area (Å²) in [6, 6.07) is 15.7. The van der Waals surface area contributed by atoms with Gasteiger partial charge in [0.15, 0.2) is 0 Å². The van der Waals surface area contributed by atoms with Gasteiger partial charge in [0, 0.05) is 17.9 Å². The third-order valence-electron chi connectivity index (χ3n) is 3.42. The lowest BCUT2D eigenvalue weighted by atomic mass is 10.1. The van der Waals surface area contributed by atoms with Crippen LogP contribution in [0.4, 0.5) is 0 Å². The molecule has 2 nitrogen and oxygen atoms in total. The highest BCUT2D eigenvalue weighted by Gasteiger charge is 2.19. The van der Waals surface area contributed by atoms with Gasteiger partial charge in [0.25, 0.3) is 0 Å². The molecule has 0 aliphatic carbocycles. The summed E-state index contributed by atoms with van der Waals surface area (Å²) in [5, 5.41) is 1.55. The molecule has 3 aromatic rings. The van der Waals surface area contributed by atoms with E-state index in [2.05, 4.69) is 0 Å². The van der Waals surface area contributed by atoms with Crippen molar-refractivity contribution in [2.45, 2.75) is 13.8 Å². The molecule has 0 saturated carbocycles. The van der Waals surface area contributed by atoms with Crippen LogP contribution < -0.4 is 0 Å². The fraction of sp³-hybridized carbons (Fsp3) is 0.118. The van der Waals surface area contributed by atoms with E-state index in [9.17, 15) is 4.79 Å². The molecule has 2 aromatic carbocycles. The van der Waals surface area contributed by atoms with Crippen LogP contribution >= 0.6 is 11.6 Å². The van der Waals surface area contributed by atoms with Gasteiger partial charge in [-0.1, -0.05) is 53.6 Å². The van der Waals surface area contributed by atoms with Crippen LogP contribution in [-0.4, -0.2) is 10.5 Å². The van der Waals surface area contributed by atoms with E-state index in [1.165, 1.54) is 0 Å². The van der Waals surface area contributed by atoms with Crippen LogP contribution in [0.1, 0.15) is 17.3 Å². The predicted octanol–water partition coefficient (Wildman–Crippen LogP) is 4.93. The number of hydrogen-bond acceptors (Lipinski definition) is 1. The van der Waals surface area contributed by atoms with E-state index in [0.717, 1.165) is 27.7 Å². The molecule has 0 bridgehead atoms. The lowest BCUT2D eigenvalue weighted by Crippen LogP contribution is -2.06. The highest BCUT2D eigenvalue weighted by Crippen LogP contribution is 2.37. The van der Waals surface area contributed by atoms with Crippen molar-refractivity contribution in [2.24, 2.45) is 0 Å². The van der Waals surface area contributed by atoms with Gasteiger partial charge in [0.2, 0.25) is 5.91 Å². The maximum absolute atomic E-state index is 12.1. The Hall–Kier alpha value is -2.06. The molecule has 20 heavy (non-hydrogen) atoms. The second-order valence-corrected chi connectivity index (χ2v) is 5.28. The minimum atomic E-state index is -0.0374. The van der Waals surface area contributed by atoms with E-state index < -0.39 is 0 Å². The van der Waals surface area contributed by atoms with Crippen molar-refractivity contribution in [3.8, 4) is 11.3 Å². The topological polar surface area (TPSA) is 22.0 Å². The first-order chi connectivity index (χ1) is 9.59. The van der Waals surface area contributed by atoms with Crippen molar-refractivity contribution in [1.29, 1.82) is 0 Å². The number of aryl methyl sites for hydroxylation is 1. The van der Waals surface area contributed by atoms with Crippen molar-refractivity contribution < 1.29 is 4.79 Å². The Bertz CT molecular complexity index is 803. The molecule has 0 amide bonds. The van der Waals surface area contributed by atoms with Gasteiger partial charge in [-0.05, 0) is 19.1 Å². The molecule has 1 aromatic heterocycles. The van der Waals surface area contributed by atoms with E-state index in [1.54, 1.807) is 11.5 Å². The minimum absolute atomic E-state index is 0.0374. The van der Waals surface area contributed by atoms with E-state index >= 15 is 0 Å². The Kier molecular flexibility index (Phi) is 3.11. The van der Waals surface area contributed by atoms with Gasteiger partial charge in [-0.25, -0.2) is 0 Å². The van der Waals surface area contributed by atoms with E-state index in [0.29, 0.717) is 5.02 Å². The van der Waals surface area contributed by atoms with Gasteiger partial charge in [-0.15, -0.1) is 0 Å². The maximum atomic E-state index is 12.1. The van der Waals surface area contributed by atoms with Crippen LogP contribution in [0.25, 0.3) is 22.2 Å². The van der Waals surface area contributed by atoms with Crippen LogP contribution in [-0.2, 0) is 0 Å². The monoisotopic (exact) mass is 283 g/mol. The Morgan fingerprint density at radius 1 is 1.10 bits per heavy atom. The van der Waals surface area contributed by atoms with Crippen LogP contribution in [0.5, 0.6) is 0 Å². The highest BCUT2D eigenvalue weighted by molar-refractivity contribution is 6.39. The predicted molar refractivity (Wildman–Crippen MR) is 83.4 cm³/mol. The number of hydrogen-bond donors (Lipinski definition) is 0. The highest BCUT2D eigenvalue weighted by atomic mass is 35.5. The van der Waals surface area contributed by atoms with E-state index in [4.69, 9.17) is 11.6 Å². The average Bonchev–Trinajstić information content (AvgIpc) is 2.73. The van der Waals surface area contributed by atoms with Gasteiger partial charge >= 0.3 is 0 Å². The zero-order valence-electron chi connectivity index (χ0n) is 11.4. The fourth-order valence-corrected chi connectivity index (χ4v) is 2.89. The Balaban J connectivity index is 2.45. The maximum Gasteiger partial charge on any atom is 0.228 e. The number of halogens is 1. The molecule has 0 N–H and O–H groups in total. The largest absolute Gasteiger partial charge is 0.279 e. The van der Waals surface area contributed by atoms with Gasteiger partial charge in [-0.2, -0.15) is 0 Å². The molecular weight excluding hydrogens is 270 g/mol. The average molecular weight is 284 g/mol. The van der Waals surface area contributed by atoms with Gasteiger partial charge < -0.3 is 0 Å². The molecule has 0 unspecified atom stereocenters. The lowest BCUT2D eigenvalue weighted by Gasteiger charge is -2.07. The molecule has 0 aliphatic heterocycles. The standard InChI is InChI=1S/C17H14ClNO/c1-11-8-9-15-14(10-11)16(18)17(19(15)12(2)20)13-6-4-3-5-7-13/h3-10H,1-2H3. The van der Waals surface area contributed by atoms with Crippen LogP contribution in [0.2, 0.25) is 5.02 Å². The van der Waals surface area contributed by atoms with Crippen LogP contribution in [0.3, 0.4) is 0 Å². The summed E-state index contributed by atoms with van der Waals surface area (Å²) in [6.45, 7) is 3.57. The summed E-state index contributed by atoms with van der Waals surface area (Å²) >= 11 is 6.54. The summed E-state index contributed by atoms with van der Waals surface area (Å²) in [5.74, 6) is -0.0374. The normalized spacial score (nSPS) is 10.9. The SMILES string of the molecule is CC(=O)n1c(-c2ccccc2)c(Cl)c2cc(C)ccc21. The Morgan fingerprint density at radius 3 is 2.45 bits per heavy atom. The molecule has 100 valence electrons. The molecular formula is C17H14ClNO. The molecule has 0 fully saturated rings. The Morgan fingerprint density at radius 2 is 1.80 bits per heavy atom. The number of rotatable bonds is 1. The molecule has 3 heteroatoms. The first-order valence-corrected chi connectivity index (χ1v) is 6.84. The number of fused-ring (bicyclic) bond motifs is 1. The third kappa shape index (κ3) is 1.93. The fourth-order valence-electron chi connectivity index (χ4n) is 2.55. The van der Waals surface area contributed by atoms with Crippen molar-refractivity contribution in [3.63, 3.8) is 0 Å². The van der Waals surface area contributed by atoms with Gasteiger partial charge in [-0.3, -0.25) is 9.36 Å².